The summed E-state index contributed by atoms with van der Waals surface area (Å²) in [5, 5.41) is 7.01. The Morgan fingerprint density at radius 2 is 2.00 bits per heavy atom. The number of thiocarbonyl (C=S) groups is 1. The number of nitrogens with one attached hydrogen (secondary N) is 2. The molecule has 1 saturated heterocycles. The predicted octanol–water partition coefficient (Wildman–Crippen LogP) is 4.68. The normalized spacial score (nSPS) is 17.2. The Kier molecular flexibility index (Phi) is 7.91. The van der Waals surface area contributed by atoms with Crippen LogP contribution in [0.15, 0.2) is 48.7 Å². The van der Waals surface area contributed by atoms with Crippen molar-refractivity contribution in [3.05, 3.63) is 71.3 Å². The van der Waals surface area contributed by atoms with E-state index in [9.17, 15) is 4.79 Å². The summed E-state index contributed by atoms with van der Waals surface area (Å²) < 4.78 is 13.3. The predicted molar refractivity (Wildman–Crippen MR) is 146 cm³/mol. The first kappa shape index (κ1) is 25.7. The molecule has 0 aliphatic carbocycles. The fraction of sp³-hybridized carbons (Fsp3) is 0.370. The van der Waals surface area contributed by atoms with Gasteiger partial charge in [-0.25, -0.2) is 0 Å². The van der Waals surface area contributed by atoms with Gasteiger partial charge in [-0.1, -0.05) is 13.0 Å². The number of nitrogens with zero attached hydrogens (tertiary/aromatic N) is 3. The monoisotopic (exact) mass is 507 g/mol. The summed E-state index contributed by atoms with van der Waals surface area (Å²) in [5.74, 6) is 0.499. The number of hydrogen-bond donors (Lipinski definition) is 2. The Labute approximate surface area is 217 Å². The van der Waals surface area contributed by atoms with Gasteiger partial charge in [-0.3, -0.25) is 9.78 Å². The zero-order valence-electron chi connectivity index (χ0n) is 21.4. The number of aromatic nitrogens is 2. The first-order valence-electron chi connectivity index (χ1n) is 12.0. The zero-order chi connectivity index (χ0) is 25.8. The number of carbonyl (C=O) groups excluding carboxylic acids is 1. The van der Waals surface area contributed by atoms with Gasteiger partial charge in [0.05, 0.1) is 37.2 Å². The highest BCUT2D eigenvalue weighted by atomic mass is 32.1. The molecular weight excluding hydrogens is 474 g/mol. The van der Waals surface area contributed by atoms with Crippen LogP contribution in [-0.4, -0.2) is 41.4 Å². The third-order valence-electron chi connectivity index (χ3n) is 6.61. The molecule has 8 nitrogen and oxygen atoms in total. The lowest BCUT2D eigenvalue weighted by Crippen LogP contribution is -2.29. The summed E-state index contributed by atoms with van der Waals surface area (Å²) >= 11 is 5.88. The van der Waals surface area contributed by atoms with Crippen LogP contribution >= 0.6 is 12.2 Å². The number of aryl methyl sites for hydroxylation is 1. The van der Waals surface area contributed by atoms with Crippen molar-refractivity contribution in [2.45, 2.75) is 45.8 Å². The maximum absolute atomic E-state index is 12.0. The van der Waals surface area contributed by atoms with Gasteiger partial charge in [0.25, 0.3) is 0 Å². The molecule has 0 saturated carbocycles. The highest BCUT2D eigenvalue weighted by molar-refractivity contribution is 7.80. The maximum Gasteiger partial charge on any atom is 0.224 e. The molecule has 0 radical (unpaired) electrons. The topological polar surface area (TPSA) is 80.7 Å². The van der Waals surface area contributed by atoms with E-state index in [2.05, 4.69) is 45.0 Å². The molecule has 4 rings (SSSR count). The molecule has 1 aromatic carbocycles. The number of hydrogen-bond acceptors (Lipinski definition) is 5. The van der Waals surface area contributed by atoms with Gasteiger partial charge in [0.15, 0.2) is 5.11 Å². The quantitative estimate of drug-likeness (QED) is 0.407. The Hall–Kier alpha value is -3.43. The van der Waals surface area contributed by atoms with Gasteiger partial charge >= 0.3 is 0 Å². The SMILES string of the molecule is CCC(=O)Nc1ccc(N2C(=S)N[C@H](c3ccccn3)[C@H]2c2cc(C)n(CCOC)c2C)cc1OC. The molecule has 36 heavy (non-hydrogen) atoms. The van der Waals surface area contributed by atoms with E-state index in [0.29, 0.717) is 29.6 Å². The molecule has 3 aromatic rings. The number of amides is 1. The summed E-state index contributed by atoms with van der Waals surface area (Å²) in [7, 11) is 3.31. The number of ether oxygens (including phenoxy) is 2. The first-order valence-corrected chi connectivity index (χ1v) is 12.4. The maximum atomic E-state index is 12.0. The van der Waals surface area contributed by atoms with E-state index in [1.807, 2.05) is 43.3 Å². The molecule has 190 valence electrons. The summed E-state index contributed by atoms with van der Waals surface area (Å²) in [6.45, 7) is 7.47. The molecule has 0 spiro atoms. The van der Waals surface area contributed by atoms with Crippen molar-refractivity contribution in [3.63, 3.8) is 0 Å². The fourth-order valence-electron chi connectivity index (χ4n) is 4.77. The van der Waals surface area contributed by atoms with E-state index in [1.54, 1.807) is 20.4 Å². The molecule has 3 heterocycles. The van der Waals surface area contributed by atoms with Crippen molar-refractivity contribution in [2.24, 2.45) is 0 Å². The van der Waals surface area contributed by atoms with Gasteiger partial charge in [-0.15, -0.1) is 0 Å². The molecule has 0 unspecified atom stereocenters. The van der Waals surface area contributed by atoms with Crippen LogP contribution < -0.4 is 20.3 Å². The molecule has 2 aromatic heterocycles. The van der Waals surface area contributed by atoms with Crippen molar-refractivity contribution >= 4 is 34.6 Å². The Morgan fingerprint density at radius 3 is 2.67 bits per heavy atom. The molecule has 2 N–H and O–H groups in total. The van der Waals surface area contributed by atoms with Gasteiger partial charge < -0.3 is 29.6 Å². The minimum absolute atomic E-state index is 0.0731. The first-order chi connectivity index (χ1) is 17.4. The molecular formula is C27H33N5O3S. The van der Waals surface area contributed by atoms with Gasteiger partial charge in [0, 0.05) is 49.4 Å². The Bertz CT molecular complexity index is 1240. The van der Waals surface area contributed by atoms with Crippen LogP contribution in [0.4, 0.5) is 11.4 Å². The minimum Gasteiger partial charge on any atom is -0.494 e. The van der Waals surface area contributed by atoms with Crippen molar-refractivity contribution in [1.82, 2.24) is 14.9 Å². The number of anilines is 2. The number of methoxy groups -OCH3 is 2. The van der Waals surface area contributed by atoms with Crippen LogP contribution in [0.25, 0.3) is 0 Å². The number of carbonyl (C=O) groups is 1. The smallest absolute Gasteiger partial charge is 0.224 e. The second kappa shape index (κ2) is 11.1. The average molecular weight is 508 g/mol. The molecule has 9 heteroatoms. The Balaban J connectivity index is 1.82. The largest absolute Gasteiger partial charge is 0.494 e. The lowest BCUT2D eigenvalue weighted by Gasteiger charge is -2.29. The average Bonchev–Trinajstić information content (AvgIpc) is 3.38. The minimum atomic E-state index is -0.152. The summed E-state index contributed by atoms with van der Waals surface area (Å²) in [4.78, 5) is 18.8. The second-order valence-electron chi connectivity index (χ2n) is 8.75. The standard InChI is InChI=1S/C27H33N5O3S/c1-6-24(33)29-21-11-10-19(16-23(21)35-5)32-26(20-15-17(2)31(18(20)3)13-14-34-4)25(30-27(32)36)22-9-7-8-12-28-22/h7-12,15-16,25-26H,6,13-14H2,1-5H3,(H,29,33)(H,30,36)/t25-,26-/m1/s1. The third-order valence-corrected chi connectivity index (χ3v) is 6.92. The van der Waals surface area contributed by atoms with Crippen LogP contribution in [0, 0.1) is 13.8 Å². The van der Waals surface area contributed by atoms with E-state index in [1.165, 1.54) is 0 Å². The van der Waals surface area contributed by atoms with E-state index >= 15 is 0 Å². The zero-order valence-corrected chi connectivity index (χ0v) is 22.2. The lowest BCUT2D eigenvalue weighted by molar-refractivity contribution is -0.115. The van der Waals surface area contributed by atoms with Crippen LogP contribution in [0.2, 0.25) is 0 Å². The molecule has 0 bridgehead atoms. The van der Waals surface area contributed by atoms with Crippen molar-refractivity contribution in [2.75, 3.05) is 31.0 Å². The van der Waals surface area contributed by atoms with Gasteiger partial charge in [0.1, 0.15) is 5.75 Å². The number of benzene rings is 1. The van der Waals surface area contributed by atoms with Crippen molar-refractivity contribution in [3.8, 4) is 5.75 Å². The van der Waals surface area contributed by atoms with E-state index in [0.717, 1.165) is 34.9 Å². The Morgan fingerprint density at radius 1 is 1.19 bits per heavy atom. The van der Waals surface area contributed by atoms with E-state index in [-0.39, 0.29) is 18.0 Å². The van der Waals surface area contributed by atoms with Crippen LogP contribution in [0.3, 0.4) is 0 Å². The van der Waals surface area contributed by atoms with Crippen molar-refractivity contribution < 1.29 is 14.3 Å². The van der Waals surface area contributed by atoms with Crippen LogP contribution in [-0.2, 0) is 16.1 Å². The summed E-state index contributed by atoms with van der Waals surface area (Å²) in [5.41, 5.74) is 5.88. The molecule has 1 aliphatic heterocycles. The van der Waals surface area contributed by atoms with Crippen LogP contribution in [0.5, 0.6) is 5.75 Å². The fourth-order valence-corrected chi connectivity index (χ4v) is 5.12. The second-order valence-corrected chi connectivity index (χ2v) is 9.14. The highest BCUT2D eigenvalue weighted by Gasteiger charge is 2.42. The van der Waals surface area contributed by atoms with E-state index in [4.69, 9.17) is 21.7 Å². The summed E-state index contributed by atoms with van der Waals surface area (Å²) in [6, 6.07) is 13.6. The molecule has 1 amide bonds. The number of pyridine rings is 1. The van der Waals surface area contributed by atoms with E-state index < -0.39 is 0 Å². The summed E-state index contributed by atoms with van der Waals surface area (Å²) in [6.07, 6.45) is 2.19. The van der Waals surface area contributed by atoms with Gasteiger partial charge in [0.2, 0.25) is 5.91 Å². The molecule has 1 aliphatic rings. The molecule has 2 atom stereocenters. The van der Waals surface area contributed by atoms with Crippen molar-refractivity contribution in [1.29, 1.82) is 0 Å². The third kappa shape index (κ3) is 4.94. The highest BCUT2D eigenvalue weighted by Crippen LogP contribution is 2.44. The lowest BCUT2D eigenvalue weighted by atomic mass is 9.96. The van der Waals surface area contributed by atoms with Crippen LogP contribution in [0.1, 0.15) is 48.1 Å². The molecule has 1 fully saturated rings. The van der Waals surface area contributed by atoms with Gasteiger partial charge in [-0.05, 0) is 62.0 Å². The van der Waals surface area contributed by atoms with Gasteiger partial charge in [-0.2, -0.15) is 0 Å². The number of rotatable bonds is 9.